The van der Waals surface area contributed by atoms with Crippen LogP contribution in [0.1, 0.15) is 11.3 Å². The number of aliphatic imine (C=N–C) groups is 1. The van der Waals surface area contributed by atoms with Gasteiger partial charge in [-0.15, -0.1) is 11.3 Å². The van der Waals surface area contributed by atoms with Gasteiger partial charge >= 0.3 is 0 Å². The van der Waals surface area contributed by atoms with Crippen LogP contribution in [0.2, 0.25) is 5.02 Å². The van der Waals surface area contributed by atoms with Crippen LogP contribution in [0.3, 0.4) is 0 Å². The lowest BCUT2D eigenvalue weighted by Crippen LogP contribution is -2.37. The van der Waals surface area contributed by atoms with E-state index in [2.05, 4.69) is 20.6 Å². The van der Waals surface area contributed by atoms with Crippen LogP contribution in [0.4, 0.5) is 0 Å². The number of guanidine groups is 1. The quantitative estimate of drug-likeness (QED) is 0.551. The third kappa shape index (κ3) is 4.24. The van der Waals surface area contributed by atoms with Gasteiger partial charge in [0.25, 0.3) is 0 Å². The molecule has 0 amide bonds. The maximum atomic E-state index is 5.89. The summed E-state index contributed by atoms with van der Waals surface area (Å²) in [5.74, 6) is 0.773. The highest BCUT2D eigenvalue weighted by Gasteiger charge is 2.04. The number of fused-ring (bicyclic) bond motifs is 1. The number of halogens is 1. The summed E-state index contributed by atoms with van der Waals surface area (Å²) < 4.78 is 2.03. The number of hydrogen-bond acceptors (Lipinski definition) is 3. The van der Waals surface area contributed by atoms with Crippen molar-refractivity contribution in [2.75, 3.05) is 13.6 Å². The Morgan fingerprint density at radius 2 is 2.13 bits per heavy atom. The zero-order chi connectivity index (χ0) is 16.1. The van der Waals surface area contributed by atoms with Crippen LogP contribution >= 0.6 is 22.9 Å². The smallest absolute Gasteiger partial charge is 0.193 e. The Bertz CT molecular complexity index is 762. The van der Waals surface area contributed by atoms with Gasteiger partial charge in [-0.1, -0.05) is 23.7 Å². The Balaban J connectivity index is 1.46. The summed E-state index contributed by atoms with van der Waals surface area (Å²) in [6.07, 6.45) is 4.95. The van der Waals surface area contributed by atoms with Gasteiger partial charge in [-0.25, -0.2) is 4.98 Å². The van der Waals surface area contributed by atoms with E-state index in [4.69, 9.17) is 11.6 Å². The van der Waals surface area contributed by atoms with Crippen molar-refractivity contribution in [3.8, 4) is 0 Å². The van der Waals surface area contributed by atoms with Crippen molar-refractivity contribution >= 4 is 33.9 Å². The highest BCUT2D eigenvalue weighted by molar-refractivity contribution is 7.15. The van der Waals surface area contributed by atoms with Gasteiger partial charge in [-0.05, 0) is 24.1 Å². The fourth-order valence-corrected chi connectivity index (χ4v) is 3.08. The van der Waals surface area contributed by atoms with E-state index >= 15 is 0 Å². The van der Waals surface area contributed by atoms with E-state index in [-0.39, 0.29) is 0 Å². The maximum absolute atomic E-state index is 5.89. The molecule has 0 unspecified atom stereocenters. The van der Waals surface area contributed by atoms with E-state index in [9.17, 15) is 0 Å². The summed E-state index contributed by atoms with van der Waals surface area (Å²) >= 11 is 7.52. The Kier molecular flexibility index (Phi) is 5.15. The Morgan fingerprint density at radius 3 is 2.87 bits per heavy atom. The minimum absolute atomic E-state index is 0.648. The van der Waals surface area contributed by atoms with Crippen LogP contribution in [0.25, 0.3) is 4.96 Å². The molecule has 3 rings (SSSR count). The first kappa shape index (κ1) is 15.8. The predicted octanol–water partition coefficient (Wildman–Crippen LogP) is 2.96. The molecule has 7 heteroatoms. The average molecular weight is 348 g/mol. The molecule has 0 aliphatic heterocycles. The summed E-state index contributed by atoms with van der Waals surface area (Å²) in [4.78, 5) is 9.78. The number of hydrogen-bond donors (Lipinski definition) is 2. The Labute approximate surface area is 144 Å². The lowest BCUT2D eigenvalue weighted by molar-refractivity contribution is 0.786. The molecular weight excluding hydrogens is 330 g/mol. The molecule has 5 nitrogen and oxygen atoms in total. The number of nitrogens with zero attached hydrogens (tertiary/aromatic N) is 3. The van der Waals surface area contributed by atoms with Crippen molar-refractivity contribution in [1.82, 2.24) is 20.0 Å². The molecule has 2 aromatic heterocycles. The van der Waals surface area contributed by atoms with Gasteiger partial charge in [0.15, 0.2) is 10.9 Å². The third-order valence-corrected chi connectivity index (χ3v) is 4.45. The van der Waals surface area contributed by atoms with Crippen LogP contribution in [-0.2, 0) is 13.0 Å². The summed E-state index contributed by atoms with van der Waals surface area (Å²) in [7, 11) is 1.77. The fourth-order valence-electron chi connectivity index (χ4n) is 2.23. The number of nitrogens with one attached hydrogen (secondary N) is 2. The summed E-state index contributed by atoms with van der Waals surface area (Å²) in [6, 6.07) is 7.90. The number of rotatable bonds is 5. The molecule has 0 bridgehead atoms. The van der Waals surface area contributed by atoms with Crippen molar-refractivity contribution in [1.29, 1.82) is 0 Å². The molecule has 0 aliphatic carbocycles. The monoisotopic (exact) mass is 347 g/mol. The summed E-state index contributed by atoms with van der Waals surface area (Å²) in [5, 5.41) is 9.37. The zero-order valence-corrected chi connectivity index (χ0v) is 14.4. The van der Waals surface area contributed by atoms with Gasteiger partial charge in [-0.2, -0.15) is 0 Å². The molecule has 0 fully saturated rings. The van der Waals surface area contributed by atoms with Crippen molar-refractivity contribution in [3.63, 3.8) is 0 Å². The van der Waals surface area contributed by atoms with Crippen LogP contribution in [-0.4, -0.2) is 28.9 Å². The number of aromatic nitrogens is 2. The second kappa shape index (κ2) is 7.48. The molecule has 2 N–H and O–H groups in total. The molecule has 0 saturated heterocycles. The van der Waals surface area contributed by atoms with E-state index in [0.29, 0.717) is 6.54 Å². The van der Waals surface area contributed by atoms with E-state index < -0.39 is 0 Å². The second-order valence-electron chi connectivity index (χ2n) is 5.05. The van der Waals surface area contributed by atoms with Crippen molar-refractivity contribution < 1.29 is 0 Å². The van der Waals surface area contributed by atoms with Crippen LogP contribution in [0.5, 0.6) is 0 Å². The topological polar surface area (TPSA) is 53.7 Å². The maximum Gasteiger partial charge on any atom is 0.193 e. The number of thiazole rings is 1. The molecule has 2 heterocycles. The minimum atomic E-state index is 0.648. The van der Waals surface area contributed by atoms with Crippen LogP contribution < -0.4 is 10.6 Å². The van der Waals surface area contributed by atoms with E-state index in [0.717, 1.165) is 34.6 Å². The highest BCUT2D eigenvalue weighted by Crippen LogP contribution is 2.11. The summed E-state index contributed by atoms with van der Waals surface area (Å²) in [6.45, 7) is 1.45. The molecule has 0 aliphatic rings. The van der Waals surface area contributed by atoms with Gasteiger partial charge in [0.1, 0.15) is 0 Å². The average Bonchev–Trinajstić information content (AvgIpc) is 3.14. The van der Waals surface area contributed by atoms with E-state index in [1.54, 1.807) is 18.4 Å². The third-order valence-electron chi connectivity index (χ3n) is 3.42. The molecule has 0 radical (unpaired) electrons. The zero-order valence-electron chi connectivity index (χ0n) is 12.8. The molecule has 23 heavy (non-hydrogen) atoms. The van der Waals surface area contributed by atoms with E-state index in [1.165, 1.54) is 5.56 Å². The number of imidazole rings is 1. The molecule has 120 valence electrons. The SMILES string of the molecule is CN=C(NCCc1ccc(Cl)cc1)NCc1cn2ccsc2n1. The van der Waals surface area contributed by atoms with Gasteiger partial charge in [0.05, 0.1) is 12.2 Å². The molecule has 0 atom stereocenters. The standard InChI is InChI=1S/C16H18ClN5S/c1-18-15(19-7-6-12-2-4-13(17)5-3-12)20-10-14-11-22-8-9-23-16(22)21-14/h2-5,8-9,11H,6-7,10H2,1H3,(H2,18,19,20). The van der Waals surface area contributed by atoms with Gasteiger partial charge < -0.3 is 10.6 Å². The molecular formula is C16H18ClN5S. The largest absolute Gasteiger partial charge is 0.356 e. The molecule has 1 aromatic carbocycles. The van der Waals surface area contributed by atoms with Crippen LogP contribution in [0.15, 0.2) is 47.0 Å². The Hall–Kier alpha value is -2.05. The van der Waals surface area contributed by atoms with Crippen LogP contribution in [0, 0.1) is 0 Å². The predicted molar refractivity (Wildman–Crippen MR) is 96.4 cm³/mol. The summed E-state index contributed by atoms with van der Waals surface area (Å²) in [5.41, 5.74) is 2.24. The second-order valence-corrected chi connectivity index (χ2v) is 6.36. The van der Waals surface area contributed by atoms with Gasteiger partial charge in [0.2, 0.25) is 0 Å². The van der Waals surface area contributed by atoms with Crippen molar-refractivity contribution in [3.05, 3.63) is 58.3 Å². The van der Waals surface area contributed by atoms with E-state index in [1.807, 2.05) is 46.4 Å². The minimum Gasteiger partial charge on any atom is -0.356 e. The van der Waals surface area contributed by atoms with Crippen molar-refractivity contribution in [2.24, 2.45) is 4.99 Å². The highest BCUT2D eigenvalue weighted by atomic mass is 35.5. The fraction of sp³-hybridized carbons (Fsp3) is 0.250. The number of benzene rings is 1. The lowest BCUT2D eigenvalue weighted by Gasteiger charge is -2.11. The molecule has 0 spiro atoms. The van der Waals surface area contributed by atoms with Crippen molar-refractivity contribution in [2.45, 2.75) is 13.0 Å². The normalized spacial score (nSPS) is 11.8. The van der Waals surface area contributed by atoms with Gasteiger partial charge in [0, 0.05) is 36.4 Å². The lowest BCUT2D eigenvalue weighted by atomic mass is 10.1. The Morgan fingerprint density at radius 1 is 1.30 bits per heavy atom. The van der Waals surface area contributed by atoms with Gasteiger partial charge in [-0.3, -0.25) is 9.39 Å². The molecule has 3 aromatic rings. The first-order chi connectivity index (χ1) is 11.2. The molecule has 0 saturated carbocycles. The first-order valence-electron chi connectivity index (χ1n) is 7.34. The first-order valence-corrected chi connectivity index (χ1v) is 8.60.